The Hall–Kier alpha value is -3.21. The van der Waals surface area contributed by atoms with Gasteiger partial charge in [0.15, 0.2) is 0 Å². The summed E-state index contributed by atoms with van der Waals surface area (Å²) in [5, 5.41) is 11.5. The zero-order valence-electron chi connectivity index (χ0n) is 19.3. The molecule has 0 heterocycles. The monoisotopic (exact) mass is 430 g/mol. The number of rotatable bonds is 9. The van der Waals surface area contributed by atoms with Gasteiger partial charge in [-0.1, -0.05) is 50.1 Å². The topological polar surface area (TPSA) is 57.1 Å². The Bertz CT molecular complexity index is 1020. The van der Waals surface area contributed by atoms with Gasteiger partial charge >= 0.3 is 0 Å². The van der Waals surface area contributed by atoms with E-state index in [0.717, 1.165) is 42.5 Å². The third kappa shape index (κ3) is 6.39. The van der Waals surface area contributed by atoms with Gasteiger partial charge in [-0.25, -0.2) is 4.99 Å². The number of allylic oxidation sites excluding steroid dienone is 2. The molecule has 3 rings (SSSR count). The van der Waals surface area contributed by atoms with E-state index >= 15 is 0 Å². The van der Waals surface area contributed by atoms with Crippen molar-refractivity contribution in [2.75, 3.05) is 7.05 Å². The fraction of sp³-hybridized carbons (Fsp3) is 0.370. The van der Waals surface area contributed by atoms with Gasteiger partial charge in [0.2, 0.25) is 0 Å². The van der Waals surface area contributed by atoms with E-state index < -0.39 is 0 Å². The van der Waals surface area contributed by atoms with Gasteiger partial charge in [0, 0.05) is 31.1 Å². The van der Waals surface area contributed by atoms with Gasteiger partial charge in [0.25, 0.3) is 5.91 Å². The van der Waals surface area contributed by atoms with Crippen LogP contribution in [0, 0.1) is 0 Å². The lowest BCUT2D eigenvalue weighted by atomic mass is 9.94. The van der Waals surface area contributed by atoms with Crippen molar-refractivity contribution in [2.45, 2.75) is 57.9 Å². The molecule has 5 nitrogen and oxygen atoms in total. The van der Waals surface area contributed by atoms with Crippen LogP contribution in [0.3, 0.4) is 0 Å². The molecule has 0 atom stereocenters. The predicted molar refractivity (Wildman–Crippen MR) is 135 cm³/mol. The van der Waals surface area contributed by atoms with E-state index in [2.05, 4.69) is 34.1 Å². The highest BCUT2D eigenvalue weighted by molar-refractivity contribution is 6.00. The number of nitrogens with one attached hydrogen (secondary N) is 1. The Labute approximate surface area is 191 Å². The minimum atomic E-state index is 0.0375. The van der Waals surface area contributed by atoms with Crippen molar-refractivity contribution in [3.63, 3.8) is 0 Å². The molecule has 1 N–H and O–H groups in total. The smallest absolute Gasteiger partial charge is 0.251 e. The average molecular weight is 431 g/mol. The maximum absolute atomic E-state index is 13.0. The molecule has 0 spiro atoms. The van der Waals surface area contributed by atoms with Gasteiger partial charge in [0.1, 0.15) is 5.82 Å². The van der Waals surface area contributed by atoms with Gasteiger partial charge in [-0.15, -0.1) is 0 Å². The van der Waals surface area contributed by atoms with Gasteiger partial charge in [-0.05, 0) is 73.2 Å². The molecule has 2 aromatic carbocycles. The molecule has 0 aliphatic heterocycles. The fourth-order valence-corrected chi connectivity index (χ4v) is 4.17. The first-order valence-corrected chi connectivity index (χ1v) is 11.5. The number of aliphatic imine (C=N–C) groups is 1. The van der Waals surface area contributed by atoms with E-state index in [9.17, 15) is 4.79 Å². The van der Waals surface area contributed by atoms with Crippen LogP contribution in [0.1, 0.15) is 61.4 Å². The number of carbonyl (C=O) groups is 1. The van der Waals surface area contributed by atoms with E-state index in [0.29, 0.717) is 6.04 Å². The van der Waals surface area contributed by atoms with Crippen LogP contribution in [-0.4, -0.2) is 36.4 Å². The molecule has 0 bridgehead atoms. The first-order valence-electron chi connectivity index (χ1n) is 11.5. The van der Waals surface area contributed by atoms with Crippen LogP contribution in [0.5, 0.6) is 0 Å². The van der Waals surface area contributed by atoms with Crippen LogP contribution >= 0.6 is 0 Å². The van der Waals surface area contributed by atoms with E-state index in [1.165, 1.54) is 30.2 Å². The summed E-state index contributed by atoms with van der Waals surface area (Å²) in [5.74, 6) is 0.809. The van der Waals surface area contributed by atoms with E-state index in [1.807, 2.05) is 50.5 Å². The van der Waals surface area contributed by atoms with Crippen molar-refractivity contribution < 1.29 is 4.79 Å². The van der Waals surface area contributed by atoms with Crippen molar-refractivity contribution in [1.82, 2.24) is 10.3 Å². The Morgan fingerprint density at radius 2 is 2.00 bits per heavy atom. The molecule has 0 saturated heterocycles. The summed E-state index contributed by atoms with van der Waals surface area (Å²) >= 11 is 0. The number of hydrazone groups is 1. The van der Waals surface area contributed by atoms with Gasteiger partial charge < -0.3 is 5.32 Å². The molecule has 2 aromatic rings. The number of nitrogens with zero attached hydrogens (tertiary/aromatic N) is 3. The lowest BCUT2D eigenvalue weighted by Gasteiger charge is -2.23. The average Bonchev–Trinajstić information content (AvgIpc) is 2.83. The first-order chi connectivity index (χ1) is 15.6. The van der Waals surface area contributed by atoms with Gasteiger partial charge in [0.05, 0.1) is 0 Å². The molecule has 168 valence electrons. The second kappa shape index (κ2) is 12.0. The molecule has 1 aliphatic rings. The summed E-state index contributed by atoms with van der Waals surface area (Å²) < 4.78 is 0. The SMILES string of the molecule is C=C/C=N\N(C)C(=C/C)/N=C\CCc1cc(C(=O)NC2CCCCC2)cc2ccccc12. The van der Waals surface area contributed by atoms with Crippen LogP contribution in [0.2, 0.25) is 0 Å². The molecule has 1 saturated carbocycles. The molecule has 5 heteroatoms. The second-order valence-corrected chi connectivity index (χ2v) is 8.19. The Balaban J connectivity index is 1.73. The van der Waals surface area contributed by atoms with E-state index in [4.69, 9.17) is 0 Å². The molecule has 1 fully saturated rings. The van der Waals surface area contributed by atoms with Gasteiger partial charge in [-0.3, -0.25) is 9.80 Å². The number of carbonyl (C=O) groups excluding carboxylic acids is 1. The molecule has 0 radical (unpaired) electrons. The summed E-state index contributed by atoms with van der Waals surface area (Å²) in [6.07, 6.45) is 14.5. The highest BCUT2D eigenvalue weighted by Gasteiger charge is 2.17. The maximum atomic E-state index is 13.0. The molecule has 1 aliphatic carbocycles. The van der Waals surface area contributed by atoms with Crippen LogP contribution in [-0.2, 0) is 6.42 Å². The number of hydrogen-bond donors (Lipinski definition) is 1. The largest absolute Gasteiger partial charge is 0.349 e. The van der Waals surface area contributed by atoms with Crippen LogP contribution in [0.4, 0.5) is 0 Å². The van der Waals surface area contributed by atoms with Crippen molar-refractivity contribution in [3.05, 3.63) is 72.1 Å². The number of aryl methyl sites for hydroxylation is 1. The highest BCUT2D eigenvalue weighted by Crippen LogP contribution is 2.23. The van der Waals surface area contributed by atoms with Crippen LogP contribution < -0.4 is 5.32 Å². The normalized spacial score (nSPS) is 15.5. The molecule has 0 unspecified atom stereocenters. The summed E-state index contributed by atoms with van der Waals surface area (Å²) in [5.41, 5.74) is 1.91. The van der Waals surface area contributed by atoms with Crippen LogP contribution in [0.15, 0.2) is 71.0 Å². The van der Waals surface area contributed by atoms with Crippen LogP contribution in [0.25, 0.3) is 10.8 Å². The zero-order chi connectivity index (χ0) is 22.8. The fourth-order valence-electron chi connectivity index (χ4n) is 4.17. The third-order valence-corrected chi connectivity index (χ3v) is 5.85. The number of amides is 1. The molecular weight excluding hydrogens is 396 g/mol. The Morgan fingerprint density at radius 1 is 1.22 bits per heavy atom. The summed E-state index contributed by atoms with van der Waals surface area (Å²) in [6.45, 7) is 5.58. The lowest BCUT2D eigenvalue weighted by Crippen LogP contribution is -2.36. The molecule has 32 heavy (non-hydrogen) atoms. The standard InChI is InChI=1S/C27H34N4O/c1-4-17-29-31(3)26(5-2)28-18-11-13-22-20-23(19-21-12-9-10-16-25(21)22)27(32)30-24-14-7-6-8-15-24/h4-5,9-10,12,16-20,24H,1,6-8,11,13-15H2,2-3H3,(H,30,32)/b26-5+,28-18-,29-17-. The maximum Gasteiger partial charge on any atom is 0.251 e. The number of benzene rings is 2. The zero-order valence-corrected chi connectivity index (χ0v) is 19.3. The molecule has 1 amide bonds. The van der Waals surface area contributed by atoms with Crippen molar-refractivity contribution in [1.29, 1.82) is 0 Å². The summed E-state index contributed by atoms with van der Waals surface area (Å²) in [4.78, 5) is 17.5. The quantitative estimate of drug-likeness (QED) is 0.399. The minimum Gasteiger partial charge on any atom is -0.349 e. The van der Waals surface area contributed by atoms with Crippen molar-refractivity contribution in [3.8, 4) is 0 Å². The first kappa shape index (κ1) is 23.5. The Kier molecular flexibility index (Phi) is 8.79. The highest BCUT2D eigenvalue weighted by atomic mass is 16.1. The van der Waals surface area contributed by atoms with Gasteiger partial charge in [-0.2, -0.15) is 5.10 Å². The predicted octanol–water partition coefficient (Wildman–Crippen LogP) is 5.87. The minimum absolute atomic E-state index is 0.0375. The van der Waals surface area contributed by atoms with E-state index in [1.54, 1.807) is 17.3 Å². The number of hydrogen-bond acceptors (Lipinski definition) is 4. The molecular formula is C27H34N4O. The summed E-state index contributed by atoms with van der Waals surface area (Å²) in [7, 11) is 1.86. The number of fused-ring (bicyclic) bond motifs is 1. The second-order valence-electron chi connectivity index (χ2n) is 8.19. The van der Waals surface area contributed by atoms with Crippen molar-refractivity contribution >= 4 is 29.1 Å². The third-order valence-electron chi connectivity index (χ3n) is 5.85. The van der Waals surface area contributed by atoms with E-state index in [-0.39, 0.29) is 5.91 Å². The Morgan fingerprint density at radius 3 is 2.75 bits per heavy atom. The molecule has 0 aromatic heterocycles. The lowest BCUT2D eigenvalue weighted by molar-refractivity contribution is 0.0928. The van der Waals surface area contributed by atoms with Crippen molar-refractivity contribution in [2.24, 2.45) is 10.1 Å². The summed E-state index contributed by atoms with van der Waals surface area (Å²) in [6, 6.07) is 12.6.